The second kappa shape index (κ2) is 10.8. The van der Waals surface area contributed by atoms with E-state index >= 15 is 0 Å². The van der Waals surface area contributed by atoms with Crippen molar-refractivity contribution in [1.82, 2.24) is 18.4 Å². The number of imidazole rings is 1. The number of rotatable bonds is 9. The predicted molar refractivity (Wildman–Crippen MR) is 136 cm³/mol. The van der Waals surface area contributed by atoms with Crippen LogP contribution in [0.2, 0.25) is 0 Å². The van der Waals surface area contributed by atoms with Gasteiger partial charge in [0.25, 0.3) is 5.91 Å². The molecule has 0 aliphatic carbocycles. The first-order valence-electron chi connectivity index (χ1n) is 12.4. The molecule has 1 aromatic carbocycles. The molecule has 0 radical (unpaired) electrons. The summed E-state index contributed by atoms with van der Waals surface area (Å²) in [4.78, 5) is 19.2. The van der Waals surface area contributed by atoms with Crippen LogP contribution in [-0.2, 0) is 14.9 Å². The fourth-order valence-corrected chi connectivity index (χ4v) is 5.67. The summed E-state index contributed by atoms with van der Waals surface area (Å²) in [5, 5.41) is 0. The number of nitrogens with one attached hydrogen (secondary N) is 1. The van der Waals surface area contributed by atoms with Crippen molar-refractivity contribution in [2.75, 3.05) is 44.9 Å². The molecule has 0 unspecified atom stereocenters. The fourth-order valence-electron chi connectivity index (χ4n) is 4.87. The Morgan fingerprint density at radius 2 is 2.13 bits per heavy atom. The second-order valence-corrected chi connectivity index (χ2v) is 11.1. The normalized spacial score (nSPS) is 19.9. The molecule has 2 fully saturated rings. The van der Waals surface area contributed by atoms with Crippen LogP contribution in [0.3, 0.4) is 0 Å². The van der Waals surface area contributed by atoms with Gasteiger partial charge in [-0.2, -0.15) is 12.7 Å². The third kappa shape index (κ3) is 5.31. The summed E-state index contributed by atoms with van der Waals surface area (Å²) in [7, 11) is -3.04. The molecular formula is C25H29F2N5O5S. The molecule has 13 heteroatoms. The van der Waals surface area contributed by atoms with E-state index in [2.05, 4.69) is 9.88 Å². The average Bonchev–Trinajstić information content (AvgIpc) is 3.65. The first-order chi connectivity index (χ1) is 18.3. The predicted octanol–water partition coefficient (Wildman–Crippen LogP) is 2.86. The van der Waals surface area contributed by atoms with Crippen LogP contribution in [0.25, 0.3) is 5.65 Å². The Morgan fingerprint density at radius 3 is 2.89 bits per heavy atom. The van der Waals surface area contributed by atoms with Gasteiger partial charge in [0.05, 0.1) is 31.1 Å². The Balaban J connectivity index is 1.44. The van der Waals surface area contributed by atoms with Gasteiger partial charge in [-0.1, -0.05) is 0 Å². The number of halogens is 2. The average molecular weight is 550 g/mol. The summed E-state index contributed by atoms with van der Waals surface area (Å²) >= 11 is 0. The molecule has 3 aromatic rings. The van der Waals surface area contributed by atoms with Crippen molar-refractivity contribution in [3.8, 4) is 5.75 Å². The van der Waals surface area contributed by atoms with E-state index in [-0.39, 0.29) is 30.2 Å². The van der Waals surface area contributed by atoms with Gasteiger partial charge in [-0.05, 0) is 43.2 Å². The Kier molecular flexibility index (Phi) is 7.50. The lowest BCUT2D eigenvalue weighted by Crippen LogP contribution is -2.42. The minimum absolute atomic E-state index is 0.00540. The van der Waals surface area contributed by atoms with Crippen LogP contribution in [0.1, 0.15) is 41.4 Å². The summed E-state index contributed by atoms with van der Waals surface area (Å²) in [6.07, 6.45) is 5.31. The smallest absolute Gasteiger partial charge is 0.303 e. The summed E-state index contributed by atoms with van der Waals surface area (Å²) in [6, 6.07) is 7.96. The van der Waals surface area contributed by atoms with E-state index < -0.39 is 22.8 Å². The van der Waals surface area contributed by atoms with Crippen molar-refractivity contribution in [2.24, 2.45) is 0 Å². The first-order valence-corrected chi connectivity index (χ1v) is 13.8. The van der Waals surface area contributed by atoms with Crippen LogP contribution in [0.15, 0.2) is 42.7 Å². The maximum absolute atomic E-state index is 14.4. The molecule has 38 heavy (non-hydrogen) atoms. The molecule has 204 valence electrons. The highest BCUT2D eigenvalue weighted by Gasteiger charge is 2.31. The van der Waals surface area contributed by atoms with Crippen molar-refractivity contribution >= 4 is 27.5 Å². The molecule has 4 heterocycles. The number of benzene rings is 1. The van der Waals surface area contributed by atoms with E-state index in [0.29, 0.717) is 31.2 Å². The van der Waals surface area contributed by atoms with Crippen molar-refractivity contribution in [2.45, 2.75) is 31.4 Å². The molecule has 2 aliphatic rings. The van der Waals surface area contributed by atoms with Crippen LogP contribution >= 0.6 is 0 Å². The molecule has 2 aromatic heterocycles. The molecule has 0 bridgehead atoms. The van der Waals surface area contributed by atoms with Gasteiger partial charge in [0.15, 0.2) is 0 Å². The van der Waals surface area contributed by atoms with Gasteiger partial charge in [0.1, 0.15) is 35.7 Å². The monoisotopic (exact) mass is 549 g/mol. The maximum Gasteiger partial charge on any atom is 0.303 e. The number of pyridine rings is 1. The quantitative estimate of drug-likeness (QED) is 0.438. The van der Waals surface area contributed by atoms with Crippen molar-refractivity contribution in [1.29, 1.82) is 0 Å². The molecule has 2 atom stereocenters. The zero-order valence-electron chi connectivity index (χ0n) is 20.8. The van der Waals surface area contributed by atoms with Gasteiger partial charge < -0.3 is 14.4 Å². The lowest BCUT2D eigenvalue weighted by atomic mass is 10.0. The number of hydrogen-bond donors (Lipinski definition) is 1. The Morgan fingerprint density at radius 1 is 1.29 bits per heavy atom. The number of anilines is 1. The highest BCUT2D eigenvalue weighted by Crippen LogP contribution is 2.41. The van der Waals surface area contributed by atoms with Crippen molar-refractivity contribution in [3.63, 3.8) is 0 Å². The molecule has 1 amide bonds. The van der Waals surface area contributed by atoms with E-state index in [1.54, 1.807) is 18.3 Å². The zero-order chi connectivity index (χ0) is 26.9. The first kappa shape index (κ1) is 26.3. The summed E-state index contributed by atoms with van der Waals surface area (Å²) in [5.41, 5.74) is 1.94. The molecular weight excluding hydrogens is 520 g/mol. The summed E-state index contributed by atoms with van der Waals surface area (Å²) in [5.74, 6) is -0.632. The summed E-state index contributed by atoms with van der Waals surface area (Å²) in [6.45, 7) is 0.554. The molecule has 10 nitrogen and oxygen atoms in total. The minimum atomic E-state index is -4.22. The van der Waals surface area contributed by atoms with Crippen LogP contribution in [0.4, 0.5) is 14.5 Å². The number of fused-ring (bicyclic) bond motifs is 1. The molecule has 2 saturated heterocycles. The van der Waals surface area contributed by atoms with Gasteiger partial charge in [-0.15, -0.1) is 0 Å². The third-order valence-electron chi connectivity index (χ3n) is 6.85. The Labute approximate surface area is 219 Å². The van der Waals surface area contributed by atoms with E-state index in [4.69, 9.17) is 9.47 Å². The number of carbonyl (C=O) groups excluding carboxylic acids is 1. The number of hydrogen-bond acceptors (Lipinski definition) is 7. The van der Waals surface area contributed by atoms with E-state index in [0.717, 1.165) is 34.8 Å². The van der Waals surface area contributed by atoms with Gasteiger partial charge in [0, 0.05) is 38.3 Å². The van der Waals surface area contributed by atoms with Crippen molar-refractivity contribution < 1.29 is 31.5 Å². The number of carbonyl (C=O) groups is 1. The highest BCUT2D eigenvalue weighted by molar-refractivity contribution is 7.87. The Bertz CT molecular complexity index is 1430. The van der Waals surface area contributed by atoms with Gasteiger partial charge >= 0.3 is 10.2 Å². The zero-order valence-corrected chi connectivity index (χ0v) is 21.7. The molecule has 1 N–H and O–H groups in total. The second-order valence-electron chi connectivity index (χ2n) is 9.34. The largest absolute Gasteiger partial charge is 0.488 e. The SMILES string of the molecule is CN(CCF)S(=O)(=O)NC(=O)c1cnc2ccc(N3CCC[C@@H]3c3cc(F)ccc3O[C@@H]3CCOC3)cn12. The molecule has 5 rings (SSSR count). The van der Waals surface area contributed by atoms with Gasteiger partial charge in [0.2, 0.25) is 0 Å². The van der Waals surface area contributed by atoms with Crippen LogP contribution in [0, 0.1) is 5.82 Å². The Hall–Kier alpha value is -3.29. The number of alkyl halides is 1. The number of amides is 1. The third-order valence-corrected chi connectivity index (χ3v) is 8.30. The number of nitrogens with zero attached hydrogens (tertiary/aromatic N) is 4. The van der Waals surface area contributed by atoms with Crippen LogP contribution in [0.5, 0.6) is 5.75 Å². The topological polar surface area (TPSA) is 105 Å². The van der Waals surface area contributed by atoms with Crippen LogP contribution in [-0.4, -0.2) is 74.1 Å². The molecule has 0 saturated carbocycles. The van der Waals surface area contributed by atoms with E-state index in [1.807, 2.05) is 10.8 Å². The molecule has 2 aliphatic heterocycles. The molecule has 0 spiro atoms. The van der Waals surface area contributed by atoms with Crippen LogP contribution < -0.4 is 14.4 Å². The lowest BCUT2D eigenvalue weighted by Gasteiger charge is -2.29. The fraction of sp³-hybridized carbons (Fsp3) is 0.440. The van der Waals surface area contributed by atoms with E-state index in [9.17, 15) is 22.0 Å². The highest BCUT2D eigenvalue weighted by atomic mass is 32.2. The summed E-state index contributed by atoms with van der Waals surface area (Å²) < 4.78 is 67.5. The number of aromatic nitrogens is 2. The van der Waals surface area contributed by atoms with Crippen molar-refractivity contribution in [3.05, 3.63) is 59.8 Å². The lowest BCUT2D eigenvalue weighted by molar-refractivity contribution is 0.0973. The standard InChI is InChI=1S/C25H29F2N5O5S/c1-30(11-9-26)38(34,35)29-25(33)22-14-28-24-7-5-18(15-32(22)24)31-10-2-3-21(31)20-13-17(27)4-6-23(20)37-19-8-12-36-16-19/h4-7,13-15,19,21H,2-3,8-12,16H2,1H3,(H,29,33)/t19-,21-/m1/s1. The maximum atomic E-state index is 14.4. The van der Waals surface area contributed by atoms with E-state index in [1.165, 1.54) is 29.8 Å². The minimum Gasteiger partial charge on any atom is -0.488 e. The van der Waals surface area contributed by atoms with Gasteiger partial charge in [-0.25, -0.2) is 18.5 Å². The number of ether oxygens (including phenoxy) is 2. The van der Waals surface area contributed by atoms with Gasteiger partial charge in [-0.3, -0.25) is 9.20 Å².